The summed E-state index contributed by atoms with van der Waals surface area (Å²) in [5.41, 5.74) is 2.65. The van der Waals surface area contributed by atoms with Crippen molar-refractivity contribution in [3.05, 3.63) is 60.3 Å². The number of benzene rings is 2. The van der Waals surface area contributed by atoms with Gasteiger partial charge in [0, 0.05) is 11.6 Å². The molecule has 25 heavy (non-hydrogen) atoms. The summed E-state index contributed by atoms with van der Waals surface area (Å²) in [6.07, 6.45) is 0.644. The lowest BCUT2D eigenvalue weighted by molar-refractivity contribution is -0.127. The number of nitrogens with zero attached hydrogens (tertiary/aromatic N) is 1. The summed E-state index contributed by atoms with van der Waals surface area (Å²) in [6.45, 7) is 3.83. The topological polar surface area (TPSA) is 60.5 Å². The van der Waals surface area contributed by atoms with Gasteiger partial charge in [0.1, 0.15) is 6.10 Å². The van der Waals surface area contributed by atoms with Crippen LogP contribution in [0.15, 0.2) is 54.7 Å². The highest BCUT2D eigenvalue weighted by molar-refractivity contribution is 6.03. The summed E-state index contributed by atoms with van der Waals surface area (Å²) >= 11 is 0. The number of rotatable bonds is 2. The van der Waals surface area contributed by atoms with Crippen LogP contribution >= 0.6 is 0 Å². The van der Waals surface area contributed by atoms with E-state index in [1.54, 1.807) is 12.3 Å². The number of para-hydroxylation sites is 2. The molecule has 5 heteroatoms. The predicted octanol–water partition coefficient (Wildman–Crippen LogP) is 3.71. The van der Waals surface area contributed by atoms with Gasteiger partial charge in [-0.25, -0.2) is 0 Å². The molecule has 1 aromatic heterocycles. The summed E-state index contributed by atoms with van der Waals surface area (Å²) < 4.78 is 11.7. The summed E-state index contributed by atoms with van der Waals surface area (Å²) in [5.74, 6) is 0.997. The van der Waals surface area contributed by atoms with E-state index in [1.807, 2.05) is 56.3 Å². The average Bonchev–Trinajstić information content (AvgIpc) is 2.63. The van der Waals surface area contributed by atoms with Gasteiger partial charge in [-0.1, -0.05) is 18.2 Å². The smallest absolute Gasteiger partial charge is 0.269 e. The van der Waals surface area contributed by atoms with E-state index in [0.29, 0.717) is 17.2 Å². The summed E-state index contributed by atoms with van der Waals surface area (Å²) in [4.78, 5) is 17.2. The fourth-order valence-electron chi connectivity index (χ4n) is 3.03. The van der Waals surface area contributed by atoms with Gasteiger partial charge in [0.25, 0.3) is 5.91 Å². The highest BCUT2D eigenvalue weighted by Gasteiger charge is 2.34. The van der Waals surface area contributed by atoms with Crippen LogP contribution in [0.1, 0.15) is 12.5 Å². The summed E-state index contributed by atoms with van der Waals surface area (Å²) in [5, 5.41) is 3.86. The van der Waals surface area contributed by atoms with Crippen LogP contribution in [-0.2, 0) is 4.79 Å². The number of carbonyl (C=O) groups excluding carboxylic acids is 1. The average molecular weight is 334 g/mol. The quantitative estimate of drug-likeness (QED) is 0.776. The van der Waals surface area contributed by atoms with Gasteiger partial charge >= 0.3 is 0 Å². The number of hydrogen-bond acceptors (Lipinski definition) is 4. The number of carbonyl (C=O) groups is 1. The van der Waals surface area contributed by atoms with Crippen molar-refractivity contribution in [2.24, 2.45) is 0 Å². The van der Waals surface area contributed by atoms with E-state index >= 15 is 0 Å². The molecule has 0 saturated heterocycles. The second-order valence-electron chi connectivity index (χ2n) is 6.13. The van der Waals surface area contributed by atoms with Crippen molar-refractivity contribution in [1.29, 1.82) is 0 Å². The number of aromatic nitrogens is 1. The molecule has 0 saturated carbocycles. The largest absolute Gasteiger partial charge is 0.482 e. The molecule has 5 nitrogen and oxygen atoms in total. The monoisotopic (exact) mass is 334 g/mol. The molecule has 2 aromatic carbocycles. The third-order valence-corrected chi connectivity index (χ3v) is 4.33. The number of nitrogens with one attached hydrogen (secondary N) is 1. The van der Waals surface area contributed by atoms with Crippen molar-refractivity contribution < 1.29 is 14.3 Å². The summed E-state index contributed by atoms with van der Waals surface area (Å²) in [7, 11) is 0. The fraction of sp³-hybridized carbons (Fsp3) is 0.200. The number of pyridine rings is 1. The molecule has 1 aliphatic rings. The molecule has 2 unspecified atom stereocenters. The van der Waals surface area contributed by atoms with Crippen LogP contribution in [0.4, 0.5) is 5.69 Å². The van der Waals surface area contributed by atoms with Crippen LogP contribution in [0.2, 0.25) is 0 Å². The molecular formula is C20H18N2O3. The zero-order chi connectivity index (χ0) is 17.4. The Bertz CT molecular complexity index is 955. The molecule has 1 amide bonds. The normalized spacial score (nSPS) is 18.8. The van der Waals surface area contributed by atoms with Crippen molar-refractivity contribution in [1.82, 2.24) is 4.98 Å². The van der Waals surface area contributed by atoms with Crippen molar-refractivity contribution in [3.63, 3.8) is 0 Å². The minimum Gasteiger partial charge on any atom is -0.482 e. The first-order valence-corrected chi connectivity index (χ1v) is 8.21. The van der Waals surface area contributed by atoms with Crippen LogP contribution in [0.25, 0.3) is 10.9 Å². The van der Waals surface area contributed by atoms with Gasteiger partial charge in [0.2, 0.25) is 6.10 Å². The van der Waals surface area contributed by atoms with Gasteiger partial charge < -0.3 is 14.8 Å². The highest BCUT2D eigenvalue weighted by atomic mass is 16.6. The van der Waals surface area contributed by atoms with E-state index in [4.69, 9.17) is 9.47 Å². The first kappa shape index (κ1) is 15.4. The number of amides is 1. The molecule has 126 valence electrons. The molecule has 0 bridgehead atoms. The first-order chi connectivity index (χ1) is 12.1. The Morgan fingerprint density at radius 3 is 2.60 bits per heavy atom. The summed E-state index contributed by atoms with van der Waals surface area (Å²) in [6, 6.07) is 15.0. The first-order valence-electron chi connectivity index (χ1n) is 8.21. The number of anilines is 1. The maximum absolute atomic E-state index is 12.8. The molecule has 0 fully saturated rings. The molecule has 3 aromatic rings. The van der Waals surface area contributed by atoms with E-state index in [2.05, 4.69) is 10.3 Å². The second kappa shape index (κ2) is 6.09. The molecule has 0 spiro atoms. The van der Waals surface area contributed by atoms with Crippen LogP contribution in [0.3, 0.4) is 0 Å². The minimum absolute atomic E-state index is 0.240. The number of fused-ring (bicyclic) bond motifs is 2. The van der Waals surface area contributed by atoms with E-state index in [9.17, 15) is 4.79 Å². The Balaban J connectivity index is 1.62. The van der Waals surface area contributed by atoms with Gasteiger partial charge in [0.05, 0.1) is 11.2 Å². The van der Waals surface area contributed by atoms with Crippen molar-refractivity contribution in [2.45, 2.75) is 26.1 Å². The zero-order valence-electron chi connectivity index (χ0n) is 14.0. The fourth-order valence-corrected chi connectivity index (χ4v) is 3.03. The van der Waals surface area contributed by atoms with Crippen LogP contribution in [-0.4, -0.2) is 23.1 Å². The molecule has 1 aliphatic heterocycles. The van der Waals surface area contributed by atoms with Crippen LogP contribution in [0.5, 0.6) is 11.5 Å². The van der Waals surface area contributed by atoms with Crippen molar-refractivity contribution >= 4 is 22.5 Å². The maximum Gasteiger partial charge on any atom is 0.269 e. The molecule has 2 heterocycles. The minimum atomic E-state index is -0.720. The van der Waals surface area contributed by atoms with E-state index < -0.39 is 6.10 Å². The second-order valence-corrected chi connectivity index (χ2v) is 6.13. The Morgan fingerprint density at radius 1 is 1.04 bits per heavy atom. The lowest BCUT2D eigenvalue weighted by Gasteiger charge is -2.31. The Kier molecular flexibility index (Phi) is 3.76. The van der Waals surface area contributed by atoms with E-state index in [-0.39, 0.29) is 12.0 Å². The van der Waals surface area contributed by atoms with Crippen LogP contribution in [0, 0.1) is 6.92 Å². The molecular weight excluding hydrogens is 316 g/mol. The van der Waals surface area contributed by atoms with Gasteiger partial charge in [0.15, 0.2) is 11.5 Å². The van der Waals surface area contributed by atoms with E-state index in [0.717, 1.165) is 16.5 Å². The number of hydrogen-bond donors (Lipinski definition) is 1. The Labute approximate surface area is 145 Å². The third-order valence-electron chi connectivity index (χ3n) is 4.33. The Hall–Kier alpha value is -3.08. The standard InChI is InChI=1S/C20H18N2O3/c1-12-9-10-15(14-6-5-11-21-18(12)14)22-20(23)19-13(2)24-16-7-3-4-8-17(16)25-19/h3-11,13,19H,1-2H3,(H,22,23). The lowest BCUT2D eigenvalue weighted by atomic mass is 10.1. The van der Waals surface area contributed by atoms with Gasteiger partial charge in [-0.05, 0) is 49.7 Å². The van der Waals surface area contributed by atoms with Crippen molar-refractivity contribution in [2.75, 3.05) is 5.32 Å². The van der Waals surface area contributed by atoms with Crippen molar-refractivity contribution in [3.8, 4) is 11.5 Å². The van der Waals surface area contributed by atoms with Gasteiger partial charge in [-0.2, -0.15) is 0 Å². The predicted molar refractivity (Wildman–Crippen MR) is 96.1 cm³/mol. The van der Waals surface area contributed by atoms with Gasteiger partial charge in [-0.3, -0.25) is 9.78 Å². The molecule has 1 N–H and O–H groups in total. The SMILES string of the molecule is Cc1ccc(NC(=O)C2Oc3ccccc3OC2C)c2cccnc12. The lowest BCUT2D eigenvalue weighted by Crippen LogP contribution is -2.46. The van der Waals surface area contributed by atoms with Crippen LogP contribution < -0.4 is 14.8 Å². The molecule has 4 rings (SSSR count). The number of ether oxygens (including phenoxy) is 2. The maximum atomic E-state index is 12.8. The Morgan fingerprint density at radius 2 is 1.80 bits per heavy atom. The molecule has 0 aliphatic carbocycles. The zero-order valence-corrected chi connectivity index (χ0v) is 14.0. The molecule has 2 atom stereocenters. The van der Waals surface area contributed by atoms with E-state index in [1.165, 1.54) is 0 Å². The third kappa shape index (κ3) is 2.78. The molecule has 0 radical (unpaired) electrons. The number of aryl methyl sites for hydroxylation is 1. The highest BCUT2D eigenvalue weighted by Crippen LogP contribution is 2.34. The van der Waals surface area contributed by atoms with Gasteiger partial charge in [-0.15, -0.1) is 0 Å².